The van der Waals surface area contributed by atoms with Crippen molar-refractivity contribution in [3.05, 3.63) is 88.3 Å². The van der Waals surface area contributed by atoms with E-state index in [0.717, 1.165) is 19.3 Å². The number of ether oxygens (including phenoxy) is 1. The Balaban J connectivity index is 1.43. The third kappa shape index (κ3) is 3.78. The number of amides is 1. The van der Waals surface area contributed by atoms with Crippen LogP contribution in [-0.4, -0.2) is 23.8 Å². The van der Waals surface area contributed by atoms with Crippen molar-refractivity contribution >= 4 is 38.8 Å². The van der Waals surface area contributed by atoms with Crippen LogP contribution in [0.1, 0.15) is 51.7 Å². The van der Waals surface area contributed by atoms with Gasteiger partial charge in [-0.1, -0.05) is 36.4 Å². The first kappa shape index (κ1) is 24.6. The minimum absolute atomic E-state index is 0.0915. The molecule has 0 aliphatic heterocycles. The number of nitrogens with one attached hydrogen (secondary N) is 1. The fourth-order valence-corrected chi connectivity index (χ4v) is 6.86. The van der Waals surface area contributed by atoms with Crippen molar-refractivity contribution < 1.29 is 14.3 Å². The van der Waals surface area contributed by atoms with Crippen molar-refractivity contribution in [2.24, 2.45) is 17.2 Å². The van der Waals surface area contributed by atoms with Crippen molar-refractivity contribution in [3.8, 4) is 11.5 Å². The first-order valence-electron chi connectivity index (χ1n) is 12.6. The number of benzene rings is 3. The van der Waals surface area contributed by atoms with E-state index in [1.807, 2.05) is 30.3 Å². The molecule has 6 rings (SSSR count). The van der Waals surface area contributed by atoms with Crippen LogP contribution in [0.15, 0.2) is 66.7 Å². The van der Waals surface area contributed by atoms with Gasteiger partial charge >= 0.3 is 0 Å². The average Bonchev–Trinajstić information content (AvgIpc) is 3.52. The number of ketones is 1. The van der Waals surface area contributed by atoms with E-state index in [1.165, 1.54) is 11.3 Å². The third-order valence-corrected chi connectivity index (χ3v) is 8.95. The van der Waals surface area contributed by atoms with Gasteiger partial charge in [-0.2, -0.15) is 0 Å². The third-order valence-electron chi connectivity index (χ3n) is 7.69. The van der Waals surface area contributed by atoms with Gasteiger partial charge in [-0.3, -0.25) is 9.59 Å². The number of hydrogen-bond donors (Lipinski definition) is 5. The summed E-state index contributed by atoms with van der Waals surface area (Å²) in [6.07, 6.45) is 2.65. The zero-order valence-corrected chi connectivity index (χ0v) is 21.5. The van der Waals surface area contributed by atoms with Crippen LogP contribution in [0.3, 0.4) is 0 Å². The Bertz CT molecular complexity index is 1550. The normalized spacial score (nSPS) is 24.5. The molecule has 1 fully saturated rings. The quantitative estimate of drug-likeness (QED) is 0.248. The summed E-state index contributed by atoms with van der Waals surface area (Å²) in [4.78, 5) is 27.7. The lowest BCUT2D eigenvalue weighted by Crippen LogP contribution is -2.52. The van der Waals surface area contributed by atoms with Gasteiger partial charge in [0.25, 0.3) is 5.91 Å². The van der Waals surface area contributed by atoms with Crippen molar-refractivity contribution in [1.29, 1.82) is 0 Å². The lowest BCUT2D eigenvalue weighted by atomic mass is 9.70. The Hall–Kier alpha value is -3.76. The summed E-state index contributed by atoms with van der Waals surface area (Å²) in [5.74, 6) is 0.631. The van der Waals surface area contributed by atoms with Crippen LogP contribution in [0.4, 0.5) is 5.69 Å². The minimum atomic E-state index is -1.52. The average molecular weight is 528 g/mol. The Morgan fingerprint density at radius 1 is 0.974 bits per heavy atom. The largest absolute Gasteiger partial charge is 0.457 e. The van der Waals surface area contributed by atoms with E-state index in [0.29, 0.717) is 48.8 Å². The molecule has 4 aromatic rings. The van der Waals surface area contributed by atoms with Gasteiger partial charge in [-0.25, -0.2) is 0 Å². The van der Waals surface area contributed by atoms with Crippen LogP contribution in [-0.2, 0) is 10.3 Å². The van der Waals surface area contributed by atoms with E-state index in [-0.39, 0.29) is 18.0 Å². The van der Waals surface area contributed by atoms with Gasteiger partial charge in [0.1, 0.15) is 17.0 Å². The highest BCUT2D eigenvalue weighted by molar-refractivity contribution is 7.21. The molecule has 8 nitrogen and oxygen atoms in total. The monoisotopic (exact) mass is 527 g/mol. The first-order chi connectivity index (χ1) is 18.3. The number of Topliss-reactive ketones (excluding diaryl/α,β-unsaturated/α-hetero) is 1. The predicted octanol–water partition coefficient (Wildman–Crippen LogP) is 3.67. The zero-order chi connectivity index (χ0) is 26.6. The fourth-order valence-electron chi connectivity index (χ4n) is 5.66. The van der Waals surface area contributed by atoms with Crippen molar-refractivity contribution in [1.82, 2.24) is 5.32 Å². The Kier molecular flexibility index (Phi) is 5.96. The molecular weight excluding hydrogens is 498 g/mol. The van der Waals surface area contributed by atoms with E-state index in [4.69, 9.17) is 27.7 Å². The van der Waals surface area contributed by atoms with Crippen LogP contribution in [0, 0.1) is 0 Å². The highest BCUT2D eigenvalue weighted by atomic mass is 32.1. The van der Waals surface area contributed by atoms with Crippen molar-refractivity contribution in [3.63, 3.8) is 0 Å². The molecule has 2 aliphatic rings. The molecule has 1 heterocycles. The maximum Gasteiger partial charge on any atom is 0.262 e. The molecule has 9 heteroatoms. The minimum Gasteiger partial charge on any atom is -0.457 e. The number of thiophene rings is 1. The van der Waals surface area contributed by atoms with E-state index < -0.39 is 17.4 Å². The number of nitrogens with two attached hydrogens (primary N) is 4. The molecule has 38 heavy (non-hydrogen) atoms. The Morgan fingerprint density at radius 3 is 2.37 bits per heavy atom. The molecule has 4 atom stereocenters. The number of para-hydroxylation sites is 1. The number of carbonyl (C=O) groups is 2. The molecule has 1 amide bonds. The Labute approximate surface area is 223 Å². The second kappa shape index (κ2) is 9.21. The van der Waals surface area contributed by atoms with Crippen molar-refractivity contribution in [2.45, 2.75) is 42.9 Å². The summed E-state index contributed by atoms with van der Waals surface area (Å²) < 4.78 is 6.60. The van der Waals surface area contributed by atoms with E-state index in [2.05, 4.69) is 5.32 Å². The van der Waals surface area contributed by atoms with E-state index >= 15 is 0 Å². The maximum absolute atomic E-state index is 13.9. The topological polar surface area (TPSA) is 159 Å². The summed E-state index contributed by atoms with van der Waals surface area (Å²) in [5, 5.41) is 3.73. The molecular formula is C29H29N5O3S. The van der Waals surface area contributed by atoms with E-state index in [9.17, 15) is 9.59 Å². The van der Waals surface area contributed by atoms with Gasteiger partial charge < -0.3 is 33.0 Å². The fraction of sp³-hybridized carbons (Fsp3) is 0.241. The van der Waals surface area contributed by atoms with Crippen LogP contribution in [0.2, 0.25) is 0 Å². The second-order valence-electron chi connectivity index (χ2n) is 10.0. The lowest BCUT2D eigenvalue weighted by molar-refractivity contribution is -0.124. The number of anilines is 1. The molecule has 2 aliphatic carbocycles. The molecule has 1 aromatic heterocycles. The molecule has 194 valence electrons. The van der Waals surface area contributed by atoms with Gasteiger partial charge in [0.05, 0.1) is 15.6 Å². The zero-order valence-electron chi connectivity index (χ0n) is 20.6. The molecule has 3 aromatic carbocycles. The predicted molar refractivity (Wildman–Crippen MR) is 149 cm³/mol. The highest BCUT2D eigenvalue weighted by Crippen LogP contribution is 2.49. The number of nitrogen functional groups attached to an aromatic ring is 1. The standard InChI is InChI=1S/C29H29N5O3S/c30-19-7-4-8-21(19)34-28(36)26-23-22-18(13-14-20(31)25(22)38-26)29(33,27(35)24(23)32)15-9-11-17(12-10-15)37-16-5-2-1-3-6-16/h1-3,5-6,9-14,19,21,24H,4,7-8,30-33H2,(H,34,36)/t19-,21+,24?,29?/m0/s1. The van der Waals surface area contributed by atoms with Crippen LogP contribution in [0.5, 0.6) is 11.5 Å². The lowest BCUT2D eigenvalue weighted by Gasteiger charge is -2.36. The number of rotatable bonds is 5. The SMILES string of the molecule is Nc1ccc2c3c(c(C(=O)N[C@@H]4CCC[C@@H]4N)sc13)C(N)C(=O)C2(N)c1ccc(Oc2ccccc2)cc1. The smallest absolute Gasteiger partial charge is 0.262 e. The molecule has 2 unspecified atom stereocenters. The van der Waals surface area contributed by atoms with Gasteiger partial charge in [-0.05, 0) is 60.7 Å². The van der Waals surface area contributed by atoms with Crippen LogP contribution < -0.4 is 33.0 Å². The molecule has 0 saturated heterocycles. The van der Waals surface area contributed by atoms with Crippen LogP contribution >= 0.6 is 11.3 Å². The van der Waals surface area contributed by atoms with Gasteiger partial charge in [0, 0.05) is 28.7 Å². The molecule has 0 spiro atoms. The molecule has 0 bridgehead atoms. The van der Waals surface area contributed by atoms with Crippen LogP contribution in [0.25, 0.3) is 10.1 Å². The first-order valence-corrected chi connectivity index (χ1v) is 13.4. The van der Waals surface area contributed by atoms with Crippen molar-refractivity contribution in [2.75, 3.05) is 5.73 Å². The van der Waals surface area contributed by atoms with E-state index in [1.54, 1.807) is 36.4 Å². The molecule has 1 saturated carbocycles. The summed E-state index contributed by atoms with van der Waals surface area (Å²) in [6, 6.07) is 18.7. The number of hydrogen-bond acceptors (Lipinski definition) is 8. The van der Waals surface area contributed by atoms with Gasteiger partial charge in [0.2, 0.25) is 0 Å². The highest BCUT2D eigenvalue weighted by Gasteiger charge is 2.48. The summed E-state index contributed by atoms with van der Waals surface area (Å²) in [5.41, 5.74) is 26.7. The van der Waals surface area contributed by atoms with Gasteiger partial charge in [0.15, 0.2) is 5.78 Å². The summed E-state index contributed by atoms with van der Waals surface area (Å²) in [7, 11) is 0. The maximum atomic E-state index is 13.9. The number of carbonyl (C=O) groups excluding carboxylic acids is 2. The van der Waals surface area contributed by atoms with Gasteiger partial charge in [-0.15, -0.1) is 11.3 Å². The summed E-state index contributed by atoms with van der Waals surface area (Å²) in [6.45, 7) is 0. The summed E-state index contributed by atoms with van der Waals surface area (Å²) >= 11 is 1.24. The second-order valence-corrected chi connectivity index (χ2v) is 11.0. The molecule has 9 N–H and O–H groups in total. The molecule has 0 radical (unpaired) electrons. The Morgan fingerprint density at radius 2 is 1.68 bits per heavy atom.